The molecule has 0 spiro atoms. The molecule has 0 fully saturated rings. The van der Waals surface area contributed by atoms with E-state index in [4.69, 9.17) is 4.74 Å². The first-order valence-corrected chi connectivity index (χ1v) is 8.91. The van der Waals surface area contributed by atoms with Crippen LogP contribution in [0, 0.1) is 13.8 Å². The van der Waals surface area contributed by atoms with Gasteiger partial charge in [0.15, 0.2) is 0 Å². The van der Waals surface area contributed by atoms with E-state index in [-0.39, 0.29) is 6.03 Å². The Kier molecular flexibility index (Phi) is 5.75. The fraction of sp³-hybridized carbons (Fsp3) is 0.421. The van der Waals surface area contributed by atoms with Crippen LogP contribution in [0.1, 0.15) is 22.5 Å². The monoisotopic (exact) mass is 370 g/mol. The van der Waals surface area contributed by atoms with E-state index in [2.05, 4.69) is 46.4 Å². The number of methoxy groups -OCH3 is 1. The van der Waals surface area contributed by atoms with Crippen LogP contribution in [-0.4, -0.2) is 50.9 Å². The van der Waals surface area contributed by atoms with E-state index in [0.717, 1.165) is 22.4 Å². The quantitative estimate of drug-likeness (QED) is 0.668. The minimum Gasteiger partial charge on any atom is -0.383 e. The fourth-order valence-electron chi connectivity index (χ4n) is 2.91. The average Bonchev–Trinajstić information content (AvgIpc) is 3.22. The first-order valence-electron chi connectivity index (χ1n) is 8.91. The Labute approximate surface area is 158 Å². The van der Waals surface area contributed by atoms with E-state index in [1.54, 1.807) is 22.9 Å². The number of rotatable bonds is 7. The van der Waals surface area contributed by atoms with Crippen molar-refractivity contribution in [1.82, 2.24) is 30.0 Å². The van der Waals surface area contributed by atoms with Crippen LogP contribution in [0.3, 0.4) is 0 Å². The van der Waals surface area contributed by atoms with Crippen molar-refractivity contribution < 1.29 is 9.53 Å². The maximum atomic E-state index is 12.6. The van der Waals surface area contributed by atoms with Crippen molar-refractivity contribution in [2.24, 2.45) is 7.05 Å². The van der Waals surface area contributed by atoms with Gasteiger partial charge in [-0.1, -0.05) is 0 Å². The molecule has 0 unspecified atom stereocenters. The van der Waals surface area contributed by atoms with Crippen molar-refractivity contribution in [2.75, 3.05) is 20.3 Å². The number of nitrogens with zero attached hydrogens (tertiary/aromatic N) is 4. The first kappa shape index (κ1) is 18.9. The molecule has 0 aliphatic heterocycles. The number of aromatic amines is 1. The number of benzene rings is 1. The molecule has 144 valence electrons. The smallest absolute Gasteiger partial charge is 0.318 e. The van der Waals surface area contributed by atoms with Gasteiger partial charge in [0.25, 0.3) is 0 Å². The van der Waals surface area contributed by atoms with Crippen LogP contribution >= 0.6 is 0 Å². The van der Waals surface area contributed by atoms with Crippen LogP contribution in [0.4, 0.5) is 4.79 Å². The number of hydrogen-bond acceptors (Lipinski definition) is 4. The molecule has 0 aliphatic rings. The third kappa shape index (κ3) is 4.65. The molecule has 2 N–H and O–H groups in total. The molecular formula is C19H26N6O2. The lowest BCUT2D eigenvalue weighted by Gasteiger charge is -2.22. The largest absolute Gasteiger partial charge is 0.383 e. The van der Waals surface area contributed by atoms with Crippen LogP contribution in [0.5, 0.6) is 0 Å². The van der Waals surface area contributed by atoms with Gasteiger partial charge in [-0.05, 0) is 37.1 Å². The van der Waals surface area contributed by atoms with Crippen LogP contribution in [0.25, 0.3) is 11.0 Å². The molecule has 0 radical (unpaired) electrons. The van der Waals surface area contributed by atoms with Gasteiger partial charge in [-0.15, -0.1) is 0 Å². The zero-order chi connectivity index (χ0) is 19.4. The first-order chi connectivity index (χ1) is 13.0. The van der Waals surface area contributed by atoms with Crippen LogP contribution in [0.2, 0.25) is 0 Å². The van der Waals surface area contributed by atoms with Gasteiger partial charge in [0.2, 0.25) is 0 Å². The molecule has 8 nitrogen and oxygen atoms in total. The Morgan fingerprint density at radius 2 is 2.11 bits per heavy atom. The highest BCUT2D eigenvalue weighted by atomic mass is 16.5. The van der Waals surface area contributed by atoms with Gasteiger partial charge in [0.1, 0.15) is 5.82 Å². The van der Waals surface area contributed by atoms with E-state index in [9.17, 15) is 4.79 Å². The summed E-state index contributed by atoms with van der Waals surface area (Å²) < 4.78 is 6.85. The number of amides is 2. The van der Waals surface area contributed by atoms with Gasteiger partial charge >= 0.3 is 6.03 Å². The Bertz CT molecular complexity index is 891. The van der Waals surface area contributed by atoms with Gasteiger partial charge in [0, 0.05) is 32.5 Å². The number of aryl methyl sites for hydroxylation is 3. The molecule has 0 aliphatic carbocycles. The number of nitrogens with one attached hydrogen (secondary N) is 2. The summed E-state index contributed by atoms with van der Waals surface area (Å²) in [6, 6.07) is 3.97. The second-order valence-electron chi connectivity index (χ2n) is 6.73. The van der Waals surface area contributed by atoms with Crippen molar-refractivity contribution >= 4 is 17.1 Å². The summed E-state index contributed by atoms with van der Waals surface area (Å²) >= 11 is 0. The highest BCUT2D eigenvalue weighted by Crippen LogP contribution is 2.17. The summed E-state index contributed by atoms with van der Waals surface area (Å²) in [5, 5.41) is 7.09. The number of aromatic nitrogens is 4. The van der Waals surface area contributed by atoms with E-state index < -0.39 is 0 Å². The molecule has 2 amide bonds. The maximum absolute atomic E-state index is 12.6. The summed E-state index contributed by atoms with van der Waals surface area (Å²) in [5.41, 5.74) is 5.28. The molecule has 2 heterocycles. The van der Waals surface area contributed by atoms with Crippen LogP contribution in [-0.2, 0) is 24.9 Å². The van der Waals surface area contributed by atoms with Crippen molar-refractivity contribution in [3.05, 3.63) is 47.0 Å². The Balaban J connectivity index is 1.65. The number of fused-ring (bicyclic) bond motifs is 1. The Morgan fingerprint density at radius 1 is 1.33 bits per heavy atom. The van der Waals surface area contributed by atoms with Gasteiger partial charge in [-0.3, -0.25) is 4.68 Å². The lowest BCUT2D eigenvalue weighted by molar-refractivity contribution is 0.146. The molecule has 1 aromatic carbocycles. The summed E-state index contributed by atoms with van der Waals surface area (Å²) in [5.74, 6) is 0.733. The van der Waals surface area contributed by atoms with E-state index in [1.165, 1.54) is 11.1 Å². The molecule has 0 saturated heterocycles. The highest BCUT2D eigenvalue weighted by molar-refractivity contribution is 5.77. The fourth-order valence-corrected chi connectivity index (χ4v) is 2.91. The highest BCUT2D eigenvalue weighted by Gasteiger charge is 2.15. The summed E-state index contributed by atoms with van der Waals surface area (Å²) in [6.45, 7) is 5.91. The lowest BCUT2D eigenvalue weighted by atomic mass is 10.1. The number of carbonyl (C=O) groups excluding carboxylic acids is 1. The predicted molar refractivity (Wildman–Crippen MR) is 103 cm³/mol. The molecule has 3 rings (SSSR count). The number of imidazole rings is 1. The van der Waals surface area contributed by atoms with Crippen molar-refractivity contribution in [3.8, 4) is 0 Å². The molecule has 3 aromatic rings. The van der Waals surface area contributed by atoms with Gasteiger partial charge in [-0.2, -0.15) is 5.10 Å². The minimum absolute atomic E-state index is 0.163. The SMILES string of the molecule is COCCN(Cc1cnn(C)c1)C(=O)NCc1nc2cc(C)c(C)cc2[nH]1. The van der Waals surface area contributed by atoms with Crippen LogP contribution in [0.15, 0.2) is 24.5 Å². The van der Waals surface area contributed by atoms with Crippen molar-refractivity contribution in [1.29, 1.82) is 0 Å². The molecular weight excluding hydrogens is 344 g/mol. The number of carbonyl (C=O) groups is 1. The number of urea groups is 1. The molecule has 27 heavy (non-hydrogen) atoms. The van der Waals surface area contributed by atoms with Crippen molar-refractivity contribution in [3.63, 3.8) is 0 Å². The van der Waals surface area contributed by atoms with Gasteiger partial charge < -0.3 is 19.9 Å². The predicted octanol–water partition coefficient (Wildman–Crippen LogP) is 2.27. The maximum Gasteiger partial charge on any atom is 0.318 e. The second-order valence-corrected chi connectivity index (χ2v) is 6.73. The van der Waals surface area contributed by atoms with Crippen LogP contribution < -0.4 is 5.32 Å². The normalized spacial score (nSPS) is 11.1. The third-order valence-electron chi connectivity index (χ3n) is 4.54. The lowest BCUT2D eigenvalue weighted by Crippen LogP contribution is -2.41. The van der Waals surface area contributed by atoms with E-state index in [1.807, 2.05) is 13.2 Å². The van der Waals surface area contributed by atoms with E-state index in [0.29, 0.717) is 26.2 Å². The molecule has 2 aromatic heterocycles. The zero-order valence-corrected chi connectivity index (χ0v) is 16.2. The number of hydrogen-bond donors (Lipinski definition) is 2. The summed E-state index contributed by atoms with van der Waals surface area (Å²) in [7, 11) is 3.48. The number of ether oxygens (including phenoxy) is 1. The molecule has 0 saturated carbocycles. The third-order valence-corrected chi connectivity index (χ3v) is 4.54. The minimum atomic E-state index is -0.163. The average molecular weight is 370 g/mol. The van der Waals surface area contributed by atoms with Gasteiger partial charge in [-0.25, -0.2) is 9.78 Å². The molecule has 0 bridgehead atoms. The summed E-state index contributed by atoms with van der Waals surface area (Å²) in [6.07, 6.45) is 3.66. The molecule has 0 atom stereocenters. The van der Waals surface area contributed by atoms with Crippen molar-refractivity contribution in [2.45, 2.75) is 26.9 Å². The number of H-pyrrole nitrogens is 1. The topological polar surface area (TPSA) is 88.1 Å². The van der Waals surface area contributed by atoms with Gasteiger partial charge in [0.05, 0.1) is 36.9 Å². The second kappa shape index (κ2) is 8.22. The molecule has 8 heteroatoms. The Morgan fingerprint density at radius 3 is 2.81 bits per heavy atom. The standard InChI is InChI=1S/C19H26N6O2/c1-13-7-16-17(8-14(13)2)23-18(22-16)10-20-19(26)25(5-6-27-4)12-15-9-21-24(3)11-15/h7-9,11H,5-6,10,12H2,1-4H3,(H,20,26)(H,22,23). The van der Waals surface area contributed by atoms with E-state index >= 15 is 0 Å². The zero-order valence-electron chi connectivity index (χ0n) is 16.2. The Hall–Kier alpha value is -2.87. The summed E-state index contributed by atoms with van der Waals surface area (Å²) in [4.78, 5) is 22.2.